The average molecular weight is 819 g/mol. The highest BCUT2D eigenvalue weighted by Gasteiger charge is 2.15. The third-order valence-corrected chi connectivity index (χ3v) is 13.4. The first-order valence-electron chi connectivity index (χ1n) is 25.0. The largest absolute Gasteiger partial charge is 0.0654 e. The average Bonchev–Trinajstić information content (AvgIpc) is 3.31. The lowest BCUT2D eigenvalue weighted by atomic mass is 9.87. The Morgan fingerprint density at radius 1 is 0.242 bits per heavy atom. The topological polar surface area (TPSA) is 0 Å². The number of hydrogen-bond donors (Lipinski definition) is 0. The van der Waals surface area contributed by atoms with Crippen LogP contribution in [0.25, 0.3) is 66.1 Å². The maximum absolute atomic E-state index is 2.50. The SMILES string of the molecule is CCCCCCc1ccc(-c2cc(-c3ccc(CCCCCC)cc3)c3cc4cc(-c5ccc(CCCCCC)cc5)cc(-c5ccc(CCCCCC)cc5)c4cc3c2)cc1. The minimum Gasteiger partial charge on any atom is -0.0654 e. The fourth-order valence-corrected chi connectivity index (χ4v) is 9.49. The zero-order valence-electron chi connectivity index (χ0n) is 38.8. The van der Waals surface area contributed by atoms with E-state index in [4.69, 9.17) is 0 Å². The molecular weight excluding hydrogens is 745 g/mol. The van der Waals surface area contributed by atoms with Gasteiger partial charge in [-0.15, -0.1) is 0 Å². The molecule has 0 saturated carbocycles. The molecule has 0 bridgehead atoms. The molecule has 322 valence electrons. The standard InChI is InChI=1S/C62H74/c1-5-9-13-17-21-47-25-33-51(34-26-47)55-41-57-45-62-58(46-61(57)59(43-55)53-37-29-49(30-38-53)23-19-15-11-7-3)42-56(52-35-27-48(28-36-52)22-18-14-10-6-2)44-60(62)54-39-31-50(32-40-54)24-20-16-12-8-4/h25-46H,5-24H2,1-4H3. The van der Waals surface area contributed by atoms with E-state index in [0.29, 0.717) is 0 Å². The van der Waals surface area contributed by atoms with E-state index in [2.05, 4.69) is 161 Å². The van der Waals surface area contributed by atoms with Crippen LogP contribution in [-0.2, 0) is 25.7 Å². The van der Waals surface area contributed by atoms with Crippen LogP contribution in [0, 0.1) is 0 Å². The predicted molar refractivity (Wildman–Crippen MR) is 275 cm³/mol. The molecule has 7 aromatic rings. The van der Waals surface area contributed by atoms with Crippen LogP contribution in [0.15, 0.2) is 133 Å². The van der Waals surface area contributed by atoms with Gasteiger partial charge in [0.05, 0.1) is 0 Å². The minimum absolute atomic E-state index is 1.15. The van der Waals surface area contributed by atoms with Gasteiger partial charge in [-0.05, 0) is 176 Å². The summed E-state index contributed by atoms with van der Waals surface area (Å²) in [5.41, 5.74) is 16.1. The highest BCUT2D eigenvalue weighted by atomic mass is 14.2. The van der Waals surface area contributed by atoms with Crippen LogP contribution in [0.5, 0.6) is 0 Å². The minimum atomic E-state index is 1.15. The Morgan fingerprint density at radius 2 is 0.516 bits per heavy atom. The summed E-state index contributed by atoms with van der Waals surface area (Å²) >= 11 is 0. The van der Waals surface area contributed by atoms with E-state index >= 15 is 0 Å². The van der Waals surface area contributed by atoms with Crippen LogP contribution < -0.4 is 0 Å². The lowest BCUT2D eigenvalue weighted by molar-refractivity contribution is 0.667. The zero-order chi connectivity index (χ0) is 42.9. The first-order chi connectivity index (χ1) is 30.6. The Balaban J connectivity index is 1.33. The quantitative estimate of drug-likeness (QED) is 0.0421. The van der Waals surface area contributed by atoms with Crippen LogP contribution in [0.1, 0.15) is 153 Å². The van der Waals surface area contributed by atoms with Gasteiger partial charge in [-0.1, -0.05) is 202 Å². The molecule has 0 aliphatic carbocycles. The van der Waals surface area contributed by atoms with Gasteiger partial charge in [0.2, 0.25) is 0 Å². The first-order valence-corrected chi connectivity index (χ1v) is 25.0. The third kappa shape index (κ3) is 12.2. The second-order valence-corrected chi connectivity index (χ2v) is 18.4. The second-order valence-electron chi connectivity index (χ2n) is 18.4. The fourth-order valence-electron chi connectivity index (χ4n) is 9.49. The van der Waals surface area contributed by atoms with Crippen LogP contribution in [-0.4, -0.2) is 0 Å². The molecule has 62 heavy (non-hydrogen) atoms. The van der Waals surface area contributed by atoms with Gasteiger partial charge in [0, 0.05) is 0 Å². The molecule has 0 heteroatoms. The summed E-state index contributed by atoms with van der Waals surface area (Å²) in [6, 6.07) is 52.8. The summed E-state index contributed by atoms with van der Waals surface area (Å²) < 4.78 is 0. The molecule has 0 aromatic heterocycles. The van der Waals surface area contributed by atoms with E-state index in [1.807, 2.05) is 0 Å². The number of aryl methyl sites for hydroxylation is 4. The summed E-state index contributed by atoms with van der Waals surface area (Å²) in [5.74, 6) is 0. The number of rotatable bonds is 24. The molecule has 0 radical (unpaired) electrons. The maximum Gasteiger partial charge on any atom is -0.00986 e. The van der Waals surface area contributed by atoms with Crippen molar-refractivity contribution < 1.29 is 0 Å². The molecule has 0 atom stereocenters. The van der Waals surface area contributed by atoms with Crippen molar-refractivity contribution in [2.75, 3.05) is 0 Å². The van der Waals surface area contributed by atoms with Crippen LogP contribution in [0.2, 0.25) is 0 Å². The molecule has 0 nitrogen and oxygen atoms in total. The van der Waals surface area contributed by atoms with E-state index < -0.39 is 0 Å². The molecule has 0 saturated heterocycles. The predicted octanol–water partition coefficient (Wildman–Crippen LogP) is 19.2. The van der Waals surface area contributed by atoms with Gasteiger partial charge >= 0.3 is 0 Å². The van der Waals surface area contributed by atoms with E-state index in [1.54, 1.807) is 0 Å². The van der Waals surface area contributed by atoms with Gasteiger partial charge in [-0.3, -0.25) is 0 Å². The van der Waals surface area contributed by atoms with Crippen molar-refractivity contribution in [2.24, 2.45) is 0 Å². The van der Waals surface area contributed by atoms with E-state index in [-0.39, 0.29) is 0 Å². The first kappa shape index (κ1) is 45.1. The molecule has 0 fully saturated rings. The smallest absolute Gasteiger partial charge is 0.00986 e. The van der Waals surface area contributed by atoms with Crippen molar-refractivity contribution >= 4 is 21.5 Å². The van der Waals surface area contributed by atoms with Crippen molar-refractivity contribution in [3.8, 4) is 44.5 Å². The van der Waals surface area contributed by atoms with Gasteiger partial charge in [-0.2, -0.15) is 0 Å². The fraction of sp³-hybridized carbons (Fsp3) is 0.387. The Hall–Kier alpha value is -4.94. The van der Waals surface area contributed by atoms with Crippen LogP contribution in [0.3, 0.4) is 0 Å². The van der Waals surface area contributed by atoms with E-state index in [0.717, 1.165) is 25.7 Å². The highest BCUT2D eigenvalue weighted by Crippen LogP contribution is 2.41. The zero-order valence-corrected chi connectivity index (χ0v) is 38.8. The highest BCUT2D eigenvalue weighted by molar-refractivity contribution is 6.11. The van der Waals surface area contributed by atoms with Crippen molar-refractivity contribution in [3.63, 3.8) is 0 Å². The van der Waals surface area contributed by atoms with E-state index in [9.17, 15) is 0 Å². The van der Waals surface area contributed by atoms with Crippen molar-refractivity contribution in [3.05, 3.63) is 156 Å². The van der Waals surface area contributed by atoms with Crippen molar-refractivity contribution in [1.82, 2.24) is 0 Å². The number of benzene rings is 7. The molecule has 7 rings (SSSR count). The molecular formula is C62H74. The number of fused-ring (bicyclic) bond motifs is 2. The lowest BCUT2D eigenvalue weighted by Gasteiger charge is -2.17. The molecule has 7 aromatic carbocycles. The van der Waals surface area contributed by atoms with Gasteiger partial charge in [-0.25, -0.2) is 0 Å². The molecule has 0 aliphatic heterocycles. The molecule has 0 amide bonds. The summed E-state index contributed by atoms with van der Waals surface area (Å²) in [6.07, 6.45) is 25.4. The molecule has 0 unspecified atom stereocenters. The van der Waals surface area contributed by atoms with Crippen LogP contribution in [0.4, 0.5) is 0 Å². The maximum atomic E-state index is 2.50. The Bertz CT molecular complexity index is 2230. The summed E-state index contributed by atoms with van der Waals surface area (Å²) in [7, 11) is 0. The summed E-state index contributed by atoms with van der Waals surface area (Å²) in [6.45, 7) is 9.17. The number of unbranched alkanes of at least 4 members (excludes halogenated alkanes) is 12. The number of hydrogen-bond acceptors (Lipinski definition) is 0. The van der Waals surface area contributed by atoms with Crippen molar-refractivity contribution in [1.29, 1.82) is 0 Å². The van der Waals surface area contributed by atoms with Gasteiger partial charge < -0.3 is 0 Å². The normalized spacial score (nSPS) is 11.5. The Kier molecular flexibility index (Phi) is 17.1. The molecule has 0 aliphatic rings. The molecule has 0 N–H and O–H groups in total. The summed E-state index contributed by atoms with van der Waals surface area (Å²) in [4.78, 5) is 0. The Labute approximate surface area is 376 Å². The Morgan fingerprint density at radius 3 is 0.790 bits per heavy atom. The monoisotopic (exact) mass is 819 g/mol. The van der Waals surface area contributed by atoms with Crippen LogP contribution >= 0.6 is 0 Å². The van der Waals surface area contributed by atoms with Gasteiger partial charge in [0.25, 0.3) is 0 Å². The lowest BCUT2D eigenvalue weighted by Crippen LogP contribution is -1.92. The third-order valence-electron chi connectivity index (χ3n) is 13.4. The van der Waals surface area contributed by atoms with Crippen molar-refractivity contribution in [2.45, 2.75) is 156 Å². The molecule has 0 spiro atoms. The molecule has 0 heterocycles. The second kappa shape index (κ2) is 23.5. The van der Waals surface area contributed by atoms with Gasteiger partial charge in [0.15, 0.2) is 0 Å². The van der Waals surface area contributed by atoms with Gasteiger partial charge in [0.1, 0.15) is 0 Å². The summed E-state index contributed by atoms with van der Waals surface area (Å²) in [5, 5.41) is 5.23. The van der Waals surface area contributed by atoms with E-state index in [1.165, 1.54) is 191 Å².